The van der Waals surface area contributed by atoms with Gasteiger partial charge in [0.2, 0.25) is 0 Å². The van der Waals surface area contributed by atoms with Crippen molar-refractivity contribution >= 4 is 0 Å². The van der Waals surface area contributed by atoms with E-state index in [4.69, 9.17) is 4.98 Å². The van der Waals surface area contributed by atoms with Crippen LogP contribution in [-0.2, 0) is 19.6 Å². The van der Waals surface area contributed by atoms with E-state index in [1.807, 2.05) is 0 Å². The van der Waals surface area contributed by atoms with Crippen LogP contribution in [0.25, 0.3) is 22.6 Å². The van der Waals surface area contributed by atoms with Crippen LogP contribution in [0.5, 0.6) is 0 Å². The van der Waals surface area contributed by atoms with E-state index < -0.39 is 0 Å². The molecule has 1 fully saturated rings. The summed E-state index contributed by atoms with van der Waals surface area (Å²) in [4.78, 5) is 8.11. The smallest absolute Gasteiger partial charge is 0.140 e. The van der Waals surface area contributed by atoms with Crippen molar-refractivity contribution in [1.82, 2.24) is 14.5 Å². The zero-order chi connectivity index (χ0) is 27.0. The van der Waals surface area contributed by atoms with Crippen LogP contribution < -0.4 is 0 Å². The molecule has 1 aliphatic rings. The van der Waals surface area contributed by atoms with E-state index in [0.717, 1.165) is 50.0 Å². The first-order valence-corrected chi connectivity index (χ1v) is 15.1. The Bertz CT molecular complexity index is 1320. The monoisotopic (exact) mass is 519 g/mol. The molecule has 0 N–H and O–H groups in total. The lowest BCUT2D eigenvalue weighted by molar-refractivity contribution is 0.183. The van der Waals surface area contributed by atoms with Gasteiger partial charge in [0.1, 0.15) is 5.82 Å². The van der Waals surface area contributed by atoms with E-state index in [1.54, 1.807) is 0 Å². The Hall–Kier alpha value is -3.17. The summed E-state index contributed by atoms with van der Waals surface area (Å²) >= 11 is 0. The number of nitrogens with zero attached hydrogens (tertiary/aromatic N) is 3. The lowest BCUT2D eigenvalue weighted by Crippen LogP contribution is -2.31. The van der Waals surface area contributed by atoms with Crippen LogP contribution in [-0.4, -0.2) is 21.0 Å². The Morgan fingerprint density at radius 3 is 2.18 bits per heavy atom. The van der Waals surface area contributed by atoms with Crippen LogP contribution in [0.2, 0.25) is 0 Å². The van der Waals surface area contributed by atoms with Crippen LogP contribution in [0, 0.1) is 19.8 Å². The van der Waals surface area contributed by atoms with Gasteiger partial charge in [-0.25, -0.2) is 4.98 Å². The summed E-state index contributed by atoms with van der Waals surface area (Å²) in [7, 11) is 0. The third kappa shape index (κ3) is 6.89. The number of benzene rings is 3. The molecule has 0 spiro atoms. The third-order valence-electron chi connectivity index (χ3n) is 8.39. The molecule has 1 aromatic heterocycles. The SMILES string of the molecule is CCCCn1c(-c2ccccc2)nc(-c2ccccc2)c1CN(Cc1ccc(C)cc1C)CC1CCCCC1. The van der Waals surface area contributed by atoms with E-state index in [0.29, 0.717) is 0 Å². The van der Waals surface area contributed by atoms with Crippen molar-refractivity contribution in [3.05, 3.63) is 101 Å². The highest BCUT2D eigenvalue weighted by atomic mass is 15.2. The Balaban J connectivity index is 1.58. The number of aryl methyl sites for hydroxylation is 2. The summed E-state index contributed by atoms with van der Waals surface area (Å²) in [6.07, 6.45) is 9.19. The topological polar surface area (TPSA) is 21.1 Å². The normalized spacial score (nSPS) is 14.3. The summed E-state index contributed by atoms with van der Waals surface area (Å²) in [6, 6.07) is 28.6. The summed E-state index contributed by atoms with van der Waals surface area (Å²) in [6.45, 7) is 10.8. The number of hydrogen-bond acceptors (Lipinski definition) is 2. The molecule has 0 radical (unpaired) electrons. The van der Waals surface area contributed by atoms with Crippen LogP contribution >= 0.6 is 0 Å². The maximum atomic E-state index is 5.38. The highest BCUT2D eigenvalue weighted by Crippen LogP contribution is 2.33. The largest absolute Gasteiger partial charge is 0.326 e. The summed E-state index contributed by atoms with van der Waals surface area (Å²) in [5.41, 5.74) is 9.09. The van der Waals surface area contributed by atoms with Gasteiger partial charge >= 0.3 is 0 Å². The van der Waals surface area contributed by atoms with Crippen molar-refractivity contribution in [2.45, 2.75) is 85.4 Å². The van der Waals surface area contributed by atoms with E-state index in [1.165, 1.54) is 72.0 Å². The lowest BCUT2D eigenvalue weighted by atomic mass is 9.88. The van der Waals surface area contributed by atoms with E-state index in [-0.39, 0.29) is 0 Å². The minimum atomic E-state index is 0.783. The predicted octanol–water partition coefficient (Wildman–Crippen LogP) is 9.22. The second-order valence-electron chi connectivity index (χ2n) is 11.6. The Morgan fingerprint density at radius 1 is 0.821 bits per heavy atom. The molecule has 3 aromatic carbocycles. The van der Waals surface area contributed by atoms with Crippen molar-refractivity contribution in [3.63, 3.8) is 0 Å². The second kappa shape index (κ2) is 13.3. The molecule has 1 heterocycles. The fourth-order valence-electron chi connectivity index (χ4n) is 6.23. The number of aromatic nitrogens is 2. The van der Waals surface area contributed by atoms with Crippen LogP contribution in [0.3, 0.4) is 0 Å². The molecule has 0 atom stereocenters. The molecule has 0 bridgehead atoms. The number of rotatable bonds is 11. The summed E-state index contributed by atoms with van der Waals surface area (Å²) in [5, 5.41) is 0. The third-order valence-corrected chi connectivity index (χ3v) is 8.39. The molecular formula is C36H45N3. The van der Waals surface area contributed by atoms with Gasteiger partial charge in [-0.15, -0.1) is 0 Å². The first kappa shape index (κ1) is 27.4. The molecule has 3 nitrogen and oxygen atoms in total. The molecule has 1 saturated carbocycles. The zero-order valence-corrected chi connectivity index (χ0v) is 24.2. The fourth-order valence-corrected chi connectivity index (χ4v) is 6.23. The van der Waals surface area contributed by atoms with Gasteiger partial charge in [0, 0.05) is 37.3 Å². The lowest BCUT2D eigenvalue weighted by Gasteiger charge is -2.31. The minimum absolute atomic E-state index is 0.783. The number of imidazole rings is 1. The molecule has 0 saturated heterocycles. The quantitative estimate of drug-likeness (QED) is 0.197. The van der Waals surface area contributed by atoms with Gasteiger partial charge in [0.05, 0.1) is 11.4 Å². The molecular weight excluding hydrogens is 474 g/mol. The summed E-state index contributed by atoms with van der Waals surface area (Å²) in [5.74, 6) is 1.88. The first-order chi connectivity index (χ1) is 19.1. The molecule has 0 unspecified atom stereocenters. The summed E-state index contributed by atoms with van der Waals surface area (Å²) < 4.78 is 2.54. The molecule has 0 aliphatic heterocycles. The van der Waals surface area contributed by atoms with Gasteiger partial charge in [-0.2, -0.15) is 0 Å². The zero-order valence-electron chi connectivity index (χ0n) is 24.2. The van der Waals surface area contributed by atoms with Crippen LogP contribution in [0.4, 0.5) is 0 Å². The predicted molar refractivity (Wildman–Crippen MR) is 165 cm³/mol. The fraction of sp³-hybridized carbons (Fsp3) is 0.417. The minimum Gasteiger partial charge on any atom is -0.326 e. The van der Waals surface area contributed by atoms with Gasteiger partial charge in [0.25, 0.3) is 0 Å². The highest BCUT2D eigenvalue weighted by molar-refractivity contribution is 5.68. The molecule has 1 aliphatic carbocycles. The Morgan fingerprint density at radius 2 is 1.51 bits per heavy atom. The van der Waals surface area contributed by atoms with Crippen molar-refractivity contribution < 1.29 is 0 Å². The molecule has 3 heteroatoms. The van der Waals surface area contributed by atoms with Gasteiger partial charge < -0.3 is 4.57 Å². The Kier molecular flexibility index (Phi) is 9.32. The van der Waals surface area contributed by atoms with E-state index >= 15 is 0 Å². The number of hydrogen-bond donors (Lipinski definition) is 0. The first-order valence-electron chi connectivity index (χ1n) is 15.1. The Labute approximate surface area is 235 Å². The van der Waals surface area contributed by atoms with E-state index in [9.17, 15) is 0 Å². The van der Waals surface area contributed by atoms with Gasteiger partial charge in [-0.3, -0.25) is 4.90 Å². The van der Waals surface area contributed by atoms with Crippen LogP contribution in [0.1, 0.15) is 74.3 Å². The number of unbranched alkanes of at least 4 members (excludes halogenated alkanes) is 1. The van der Waals surface area contributed by atoms with Gasteiger partial charge in [-0.1, -0.05) is 117 Å². The van der Waals surface area contributed by atoms with Gasteiger partial charge in [0.15, 0.2) is 0 Å². The van der Waals surface area contributed by atoms with Crippen molar-refractivity contribution in [2.75, 3.05) is 6.54 Å². The molecule has 5 rings (SSSR count). The highest BCUT2D eigenvalue weighted by Gasteiger charge is 2.24. The molecule has 0 amide bonds. The molecule has 39 heavy (non-hydrogen) atoms. The van der Waals surface area contributed by atoms with Crippen molar-refractivity contribution in [2.24, 2.45) is 5.92 Å². The van der Waals surface area contributed by atoms with Crippen molar-refractivity contribution in [3.8, 4) is 22.6 Å². The average Bonchev–Trinajstić information content (AvgIpc) is 3.32. The standard InChI is InChI=1S/C36H45N3/c1-4-5-23-39-34(35(31-17-11-7-12-18-31)37-36(39)32-19-13-8-14-20-32)27-38(25-30-15-9-6-10-16-30)26-33-22-21-28(2)24-29(33)3/h7-8,11-14,17-22,24,30H,4-6,9-10,15-16,23,25-27H2,1-3H3. The van der Waals surface area contributed by atoms with Crippen LogP contribution in [0.15, 0.2) is 78.9 Å². The average molecular weight is 520 g/mol. The van der Waals surface area contributed by atoms with Gasteiger partial charge in [-0.05, 0) is 50.2 Å². The maximum absolute atomic E-state index is 5.38. The molecule has 204 valence electrons. The second-order valence-corrected chi connectivity index (χ2v) is 11.6. The van der Waals surface area contributed by atoms with Crippen molar-refractivity contribution in [1.29, 1.82) is 0 Å². The molecule has 4 aromatic rings. The van der Waals surface area contributed by atoms with E-state index in [2.05, 4.69) is 109 Å². The maximum Gasteiger partial charge on any atom is 0.140 e.